The van der Waals surface area contributed by atoms with E-state index < -0.39 is 0 Å². The van der Waals surface area contributed by atoms with Gasteiger partial charge in [-0.25, -0.2) is 0 Å². The van der Waals surface area contributed by atoms with Gasteiger partial charge >= 0.3 is 0 Å². The molecule has 1 spiro atoms. The van der Waals surface area contributed by atoms with Crippen molar-refractivity contribution in [3.63, 3.8) is 0 Å². The molecule has 0 bridgehead atoms. The van der Waals surface area contributed by atoms with Gasteiger partial charge in [-0.1, -0.05) is 0 Å². The molecule has 1 amide bonds. The van der Waals surface area contributed by atoms with Crippen molar-refractivity contribution in [1.29, 1.82) is 0 Å². The Morgan fingerprint density at radius 2 is 2.18 bits per heavy atom. The van der Waals surface area contributed by atoms with Crippen molar-refractivity contribution in [3.05, 3.63) is 30.1 Å². The Hall–Kier alpha value is -1.42. The molecule has 4 heteroatoms. The SMILES string of the molecule is O=C(c1ccncc1)N1CC[C@@]2(CCNC2)C1. The fourth-order valence-electron chi connectivity index (χ4n) is 2.93. The molecule has 0 aromatic carbocycles. The van der Waals surface area contributed by atoms with Crippen molar-refractivity contribution in [2.24, 2.45) is 5.41 Å². The summed E-state index contributed by atoms with van der Waals surface area (Å²) in [6.45, 7) is 3.95. The summed E-state index contributed by atoms with van der Waals surface area (Å²) in [5.41, 5.74) is 1.10. The molecule has 17 heavy (non-hydrogen) atoms. The number of pyridine rings is 1. The van der Waals surface area contributed by atoms with Gasteiger partial charge in [-0.05, 0) is 31.5 Å². The lowest BCUT2D eigenvalue weighted by Crippen LogP contribution is -2.33. The van der Waals surface area contributed by atoms with Crippen molar-refractivity contribution in [2.45, 2.75) is 12.8 Å². The molecule has 1 N–H and O–H groups in total. The van der Waals surface area contributed by atoms with E-state index in [1.165, 1.54) is 6.42 Å². The molecule has 0 radical (unpaired) electrons. The minimum Gasteiger partial charge on any atom is -0.338 e. The van der Waals surface area contributed by atoms with E-state index in [0.717, 1.165) is 38.2 Å². The molecule has 1 aromatic heterocycles. The number of likely N-dealkylation sites (tertiary alicyclic amines) is 1. The van der Waals surface area contributed by atoms with Crippen LogP contribution in [0.3, 0.4) is 0 Å². The van der Waals surface area contributed by atoms with Gasteiger partial charge in [0.15, 0.2) is 0 Å². The minimum absolute atomic E-state index is 0.149. The van der Waals surface area contributed by atoms with Crippen LogP contribution in [0.2, 0.25) is 0 Å². The van der Waals surface area contributed by atoms with Crippen LogP contribution >= 0.6 is 0 Å². The van der Waals surface area contributed by atoms with Crippen LogP contribution in [0.25, 0.3) is 0 Å². The number of aromatic nitrogens is 1. The summed E-state index contributed by atoms with van der Waals surface area (Å²) < 4.78 is 0. The summed E-state index contributed by atoms with van der Waals surface area (Å²) in [7, 11) is 0. The minimum atomic E-state index is 0.149. The average Bonchev–Trinajstić information content (AvgIpc) is 3.01. The third kappa shape index (κ3) is 1.93. The summed E-state index contributed by atoms with van der Waals surface area (Å²) >= 11 is 0. The number of rotatable bonds is 1. The van der Waals surface area contributed by atoms with Gasteiger partial charge in [0, 0.05) is 43.0 Å². The van der Waals surface area contributed by atoms with E-state index in [-0.39, 0.29) is 5.91 Å². The Balaban J connectivity index is 1.73. The average molecular weight is 231 g/mol. The van der Waals surface area contributed by atoms with Crippen LogP contribution in [0.15, 0.2) is 24.5 Å². The first-order chi connectivity index (χ1) is 8.29. The molecule has 1 aromatic rings. The van der Waals surface area contributed by atoms with E-state index in [9.17, 15) is 4.79 Å². The highest BCUT2D eigenvalue weighted by Gasteiger charge is 2.41. The molecule has 2 fully saturated rings. The number of hydrogen-bond donors (Lipinski definition) is 1. The smallest absolute Gasteiger partial charge is 0.253 e. The van der Waals surface area contributed by atoms with Gasteiger partial charge in [0.25, 0.3) is 5.91 Å². The van der Waals surface area contributed by atoms with E-state index >= 15 is 0 Å². The molecule has 2 saturated heterocycles. The number of nitrogens with one attached hydrogen (secondary N) is 1. The maximum absolute atomic E-state index is 12.3. The molecule has 2 aliphatic heterocycles. The fraction of sp³-hybridized carbons (Fsp3) is 0.538. The van der Waals surface area contributed by atoms with Gasteiger partial charge in [0.05, 0.1) is 0 Å². The zero-order valence-corrected chi connectivity index (χ0v) is 9.85. The Morgan fingerprint density at radius 3 is 2.88 bits per heavy atom. The van der Waals surface area contributed by atoms with E-state index in [1.54, 1.807) is 24.5 Å². The topological polar surface area (TPSA) is 45.2 Å². The largest absolute Gasteiger partial charge is 0.338 e. The fourth-order valence-corrected chi connectivity index (χ4v) is 2.93. The van der Waals surface area contributed by atoms with Crippen molar-refractivity contribution >= 4 is 5.91 Å². The van der Waals surface area contributed by atoms with Gasteiger partial charge in [0.2, 0.25) is 0 Å². The first-order valence-corrected chi connectivity index (χ1v) is 6.19. The Bertz CT molecular complexity index is 412. The zero-order valence-electron chi connectivity index (χ0n) is 9.85. The van der Waals surface area contributed by atoms with Crippen LogP contribution in [-0.4, -0.2) is 42.0 Å². The highest BCUT2D eigenvalue weighted by atomic mass is 16.2. The molecule has 2 aliphatic rings. The molecule has 3 rings (SSSR count). The Labute approximate surface area is 101 Å². The van der Waals surface area contributed by atoms with E-state index in [0.29, 0.717) is 5.41 Å². The molecule has 3 heterocycles. The normalized spacial score (nSPS) is 27.9. The molecule has 1 atom stereocenters. The van der Waals surface area contributed by atoms with Crippen LogP contribution in [0, 0.1) is 5.41 Å². The summed E-state index contributed by atoms with van der Waals surface area (Å²) in [6, 6.07) is 3.58. The number of carbonyl (C=O) groups excluding carboxylic acids is 1. The molecule has 0 aliphatic carbocycles. The van der Waals surface area contributed by atoms with Crippen molar-refractivity contribution in [1.82, 2.24) is 15.2 Å². The lowest BCUT2D eigenvalue weighted by Gasteiger charge is -2.22. The van der Waals surface area contributed by atoms with Crippen LogP contribution in [-0.2, 0) is 0 Å². The second-order valence-corrected chi connectivity index (χ2v) is 5.14. The molecular formula is C13H17N3O. The highest BCUT2D eigenvalue weighted by Crippen LogP contribution is 2.36. The third-order valence-electron chi connectivity index (χ3n) is 3.98. The Kier molecular flexibility index (Phi) is 2.59. The number of carbonyl (C=O) groups is 1. The van der Waals surface area contributed by atoms with Gasteiger partial charge in [0.1, 0.15) is 0 Å². The predicted octanol–water partition coefficient (Wildman–Crippen LogP) is 0.907. The van der Waals surface area contributed by atoms with Crippen LogP contribution in [0.1, 0.15) is 23.2 Å². The third-order valence-corrected chi connectivity index (χ3v) is 3.98. The highest BCUT2D eigenvalue weighted by molar-refractivity contribution is 5.94. The van der Waals surface area contributed by atoms with E-state index in [2.05, 4.69) is 10.3 Å². The van der Waals surface area contributed by atoms with Gasteiger partial charge in [-0.3, -0.25) is 9.78 Å². The molecular weight excluding hydrogens is 214 g/mol. The molecule has 0 saturated carbocycles. The Morgan fingerprint density at radius 1 is 1.35 bits per heavy atom. The summed E-state index contributed by atoms with van der Waals surface area (Å²) in [4.78, 5) is 18.2. The summed E-state index contributed by atoms with van der Waals surface area (Å²) in [5, 5.41) is 3.41. The zero-order chi connectivity index (χ0) is 11.7. The van der Waals surface area contributed by atoms with Gasteiger partial charge in [-0.15, -0.1) is 0 Å². The summed E-state index contributed by atoms with van der Waals surface area (Å²) in [5.74, 6) is 0.149. The van der Waals surface area contributed by atoms with Crippen LogP contribution in [0.5, 0.6) is 0 Å². The van der Waals surface area contributed by atoms with Crippen LogP contribution in [0.4, 0.5) is 0 Å². The maximum atomic E-state index is 12.3. The first-order valence-electron chi connectivity index (χ1n) is 6.19. The second kappa shape index (κ2) is 4.11. The van der Waals surface area contributed by atoms with Crippen molar-refractivity contribution in [2.75, 3.05) is 26.2 Å². The molecule has 90 valence electrons. The molecule has 4 nitrogen and oxygen atoms in total. The first kappa shape index (κ1) is 10.7. The predicted molar refractivity (Wildman–Crippen MR) is 64.7 cm³/mol. The lowest BCUT2D eigenvalue weighted by atomic mass is 9.86. The number of amides is 1. The lowest BCUT2D eigenvalue weighted by molar-refractivity contribution is 0.0775. The van der Waals surface area contributed by atoms with Crippen molar-refractivity contribution in [3.8, 4) is 0 Å². The van der Waals surface area contributed by atoms with Crippen molar-refractivity contribution < 1.29 is 4.79 Å². The summed E-state index contributed by atoms with van der Waals surface area (Å²) in [6.07, 6.45) is 5.69. The number of hydrogen-bond acceptors (Lipinski definition) is 3. The quantitative estimate of drug-likeness (QED) is 0.781. The standard InChI is InChI=1S/C13H17N3O/c17-12(11-1-5-14-6-2-11)16-8-4-13(10-16)3-7-15-9-13/h1-2,5-6,15H,3-4,7-10H2/t13-/m1/s1. The molecule has 0 unspecified atom stereocenters. The van der Waals surface area contributed by atoms with Gasteiger partial charge < -0.3 is 10.2 Å². The van der Waals surface area contributed by atoms with E-state index in [4.69, 9.17) is 0 Å². The second-order valence-electron chi connectivity index (χ2n) is 5.14. The monoisotopic (exact) mass is 231 g/mol. The van der Waals surface area contributed by atoms with Gasteiger partial charge in [-0.2, -0.15) is 0 Å². The van der Waals surface area contributed by atoms with E-state index in [1.807, 2.05) is 4.90 Å². The number of nitrogens with zero attached hydrogens (tertiary/aromatic N) is 2. The maximum Gasteiger partial charge on any atom is 0.253 e. The van der Waals surface area contributed by atoms with Crippen LogP contribution < -0.4 is 5.32 Å².